The minimum absolute atomic E-state index is 0.0110. The summed E-state index contributed by atoms with van der Waals surface area (Å²) in [6, 6.07) is 0.112. The van der Waals surface area contributed by atoms with Crippen LogP contribution in [0.5, 0.6) is 0 Å². The molecule has 3 aliphatic rings. The molecule has 3 rings (SSSR count). The van der Waals surface area contributed by atoms with Crippen LogP contribution in [0.3, 0.4) is 0 Å². The van der Waals surface area contributed by atoms with E-state index in [0.29, 0.717) is 0 Å². The van der Waals surface area contributed by atoms with Gasteiger partial charge >= 0.3 is 6.03 Å². The molecule has 0 aromatic heterocycles. The Balaban J connectivity index is 1.65. The molecule has 2 heterocycles. The van der Waals surface area contributed by atoms with Gasteiger partial charge in [-0.1, -0.05) is 0 Å². The molecule has 2 saturated heterocycles. The van der Waals surface area contributed by atoms with Crippen LogP contribution in [0.4, 0.5) is 4.79 Å². The normalized spacial score (nSPS) is 32.7. The predicted octanol–water partition coefficient (Wildman–Crippen LogP) is 1.97. The van der Waals surface area contributed by atoms with Crippen molar-refractivity contribution in [3.8, 4) is 0 Å². The molecule has 1 aliphatic carbocycles. The van der Waals surface area contributed by atoms with Gasteiger partial charge in [0.25, 0.3) is 0 Å². The van der Waals surface area contributed by atoms with Crippen LogP contribution in [-0.2, 0) is 9.47 Å². The number of piperidine rings is 1. The molecule has 0 spiro atoms. The Morgan fingerprint density at radius 2 is 2.19 bits per heavy atom. The lowest BCUT2D eigenvalue weighted by atomic mass is 9.73. The molecule has 2 atom stereocenters. The molecule has 0 N–H and O–H groups in total. The SMILES string of the molecule is CN(C)C(=O)N1CC[C@H]2OCCC[C@]2(COCC2CC2)C1. The van der Waals surface area contributed by atoms with Crippen molar-refractivity contribution in [2.45, 2.75) is 38.2 Å². The third-order valence-electron chi connectivity index (χ3n) is 5.08. The summed E-state index contributed by atoms with van der Waals surface area (Å²) < 4.78 is 12.0. The Labute approximate surface area is 127 Å². The lowest BCUT2D eigenvalue weighted by molar-refractivity contribution is -0.147. The van der Waals surface area contributed by atoms with Gasteiger partial charge in [-0.2, -0.15) is 0 Å². The van der Waals surface area contributed by atoms with Crippen LogP contribution in [0.25, 0.3) is 0 Å². The Kier molecular flexibility index (Phi) is 4.41. The van der Waals surface area contributed by atoms with Gasteiger partial charge in [0.1, 0.15) is 0 Å². The zero-order valence-corrected chi connectivity index (χ0v) is 13.3. The number of hydrogen-bond donors (Lipinski definition) is 0. The molecule has 0 bridgehead atoms. The van der Waals surface area contributed by atoms with Crippen LogP contribution in [-0.4, -0.2) is 68.9 Å². The van der Waals surface area contributed by atoms with Crippen LogP contribution in [0.1, 0.15) is 32.1 Å². The lowest BCUT2D eigenvalue weighted by Gasteiger charge is -2.50. The second-order valence-corrected chi connectivity index (χ2v) is 7.17. The number of likely N-dealkylation sites (tertiary alicyclic amines) is 1. The number of urea groups is 1. The Morgan fingerprint density at radius 3 is 2.90 bits per heavy atom. The lowest BCUT2D eigenvalue weighted by Crippen LogP contribution is -2.59. The number of hydrogen-bond acceptors (Lipinski definition) is 3. The molecule has 5 nitrogen and oxygen atoms in total. The second-order valence-electron chi connectivity index (χ2n) is 7.17. The summed E-state index contributed by atoms with van der Waals surface area (Å²) in [5.41, 5.74) is 0.0110. The smallest absolute Gasteiger partial charge is 0.319 e. The zero-order valence-electron chi connectivity index (χ0n) is 13.3. The second kappa shape index (κ2) is 6.13. The van der Waals surface area contributed by atoms with E-state index in [4.69, 9.17) is 9.47 Å². The van der Waals surface area contributed by atoms with Gasteiger partial charge in [-0.15, -0.1) is 0 Å². The van der Waals surface area contributed by atoms with Gasteiger partial charge < -0.3 is 19.3 Å². The third kappa shape index (κ3) is 3.34. The number of carbonyl (C=O) groups is 1. The Morgan fingerprint density at radius 1 is 1.38 bits per heavy atom. The van der Waals surface area contributed by atoms with Crippen molar-refractivity contribution in [2.75, 3.05) is 47.0 Å². The minimum atomic E-state index is 0.0110. The molecule has 2 aliphatic heterocycles. The van der Waals surface area contributed by atoms with E-state index < -0.39 is 0 Å². The van der Waals surface area contributed by atoms with Gasteiger partial charge in [0.05, 0.1) is 12.7 Å². The maximum Gasteiger partial charge on any atom is 0.319 e. The van der Waals surface area contributed by atoms with E-state index in [1.165, 1.54) is 12.8 Å². The standard InChI is InChI=1S/C16H28N2O3/c1-17(2)15(19)18-8-6-14-16(11-18,7-3-9-21-14)12-20-10-13-4-5-13/h13-14H,3-12H2,1-2H3/t14-,16-/m1/s1. The van der Waals surface area contributed by atoms with E-state index >= 15 is 0 Å². The molecule has 5 heteroatoms. The van der Waals surface area contributed by atoms with Gasteiger partial charge in [0.2, 0.25) is 0 Å². The number of carbonyl (C=O) groups excluding carboxylic acids is 1. The van der Waals surface area contributed by atoms with E-state index in [2.05, 4.69) is 0 Å². The van der Waals surface area contributed by atoms with Crippen LogP contribution in [0, 0.1) is 11.3 Å². The number of rotatable bonds is 4. The highest BCUT2D eigenvalue weighted by atomic mass is 16.5. The van der Waals surface area contributed by atoms with E-state index in [1.807, 2.05) is 19.0 Å². The van der Waals surface area contributed by atoms with E-state index in [9.17, 15) is 4.79 Å². The Bertz CT molecular complexity index is 384. The highest BCUT2D eigenvalue weighted by Crippen LogP contribution is 2.41. The maximum absolute atomic E-state index is 12.3. The average molecular weight is 296 g/mol. The third-order valence-corrected chi connectivity index (χ3v) is 5.08. The van der Waals surface area contributed by atoms with Crippen molar-refractivity contribution in [1.82, 2.24) is 9.80 Å². The largest absolute Gasteiger partial charge is 0.380 e. The van der Waals surface area contributed by atoms with Crippen molar-refractivity contribution in [3.05, 3.63) is 0 Å². The van der Waals surface area contributed by atoms with E-state index in [-0.39, 0.29) is 17.6 Å². The number of ether oxygens (including phenoxy) is 2. The summed E-state index contributed by atoms with van der Waals surface area (Å²) in [5.74, 6) is 0.785. The summed E-state index contributed by atoms with van der Waals surface area (Å²) in [6.07, 6.45) is 6.02. The molecule has 1 saturated carbocycles. The van der Waals surface area contributed by atoms with Crippen LogP contribution >= 0.6 is 0 Å². The molecule has 0 aromatic rings. The molecule has 0 aromatic carbocycles. The van der Waals surface area contributed by atoms with Crippen LogP contribution in [0.15, 0.2) is 0 Å². The fourth-order valence-electron chi connectivity index (χ4n) is 3.66. The average Bonchev–Trinajstić information content (AvgIpc) is 3.30. The molecule has 120 valence electrons. The summed E-state index contributed by atoms with van der Waals surface area (Å²) >= 11 is 0. The summed E-state index contributed by atoms with van der Waals surface area (Å²) in [4.78, 5) is 15.9. The molecule has 2 amide bonds. The van der Waals surface area contributed by atoms with Crippen molar-refractivity contribution < 1.29 is 14.3 Å². The van der Waals surface area contributed by atoms with Crippen molar-refractivity contribution >= 4 is 6.03 Å². The predicted molar refractivity (Wildman–Crippen MR) is 80.2 cm³/mol. The monoisotopic (exact) mass is 296 g/mol. The summed E-state index contributed by atoms with van der Waals surface area (Å²) in [6.45, 7) is 4.06. The first-order valence-electron chi connectivity index (χ1n) is 8.26. The van der Waals surface area contributed by atoms with E-state index in [0.717, 1.165) is 58.1 Å². The van der Waals surface area contributed by atoms with Crippen molar-refractivity contribution in [1.29, 1.82) is 0 Å². The van der Waals surface area contributed by atoms with Gasteiger partial charge in [0, 0.05) is 45.8 Å². The molecular formula is C16H28N2O3. The molecule has 3 fully saturated rings. The van der Waals surface area contributed by atoms with Crippen molar-refractivity contribution in [3.63, 3.8) is 0 Å². The highest BCUT2D eigenvalue weighted by Gasteiger charge is 2.47. The number of fused-ring (bicyclic) bond motifs is 1. The fourth-order valence-corrected chi connectivity index (χ4v) is 3.66. The Hall–Kier alpha value is -0.810. The first kappa shape index (κ1) is 15.1. The fraction of sp³-hybridized carbons (Fsp3) is 0.938. The summed E-state index contributed by atoms with van der Waals surface area (Å²) in [5, 5.41) is 0. The molecule has 0 unspecified atom stereocenters. The highest BCUT2D eigenvalue weighted by molar-refractivity contribution is 5.74. The van der Waals surface area contributed by atoms with Crippen LogP contribution < -0.4 is 0 Å². The molecule has 21 heavy (non-hydrogen) atoms. The minimum Gasteiger partial charge on any atom is -0.380 e. The van der Waals surface area contributed by atoms with Gasteiger partial charge in [0.15, 0.2) is 0 Å². The number of amides is 2. The van der Waals surface area contributed by atoms with Gasteiger partial charge in [-0.3, -0.25) is 0 Å². The van der Waals surface area contributed by atoms with Gasteiger partial charge in [-0.25, -0.2) is 4.79 Å². The van der Waals surface area contributed by atoms with E-state index in [1.54, 1.807) is 4.90 Å². The maximum atomic E-state index is 12.3. The van der Waals surface area contributed by atoms with Crippen molar-refractivity contribution in [2.24, 2.45) is 11.3 Å². The number of nitrogens with zero attached hydrogens (tertiary/aromatic N) is 2. The topological polar surface area (TPSA) is 42.0 Å². The summed E-state index contributed by atoms with van der Waals surface area (Å²) in [7, 11) is 3.64. The quantitative estimate of drug-likeness (QED) is 0.796. The molecule has 0 radical (unpaired) electrons. The van der Waals surface area contributed by atoms with Crippen LogP contribution in [0.2, 0.25) is 0 Å². The molecular weight excluding hydrogens is 268 g/mol. The zero-order chi connectivity index (χ0) is 14.9. The van der Waals surface area contributed by atoms with Gasteiger partial charge in [-0.05, 0) is 38.0 Å². The first-order chi connectivity index (χ1) is 10.1. The first-order valence-corrected chi connectivity index (χ1v) is 8.26.